The number of aryl methyl sites for hydroxylation is 1. The van der Waals surface area contributed by atoms with Gasteiger partial charge in [-0.3, -0.25) is 4.79 Å². The number of hydrogen-bond donors (Lipinski definition) is 0. The first-order valence-electron chi connectivity index (χ1n) is 8.96. The van der Waals surface area contributed by atoms with E-state index in [1.54, 1.807) is 6.07 Å². The number of carbonyl (C=O) groups is 1. The molecular weight excluding hydrogens is 366 g/mol. The zero-order valence-electron chi connectivity index (χ0n) is 15.1. The number of sulfonamides is 1. The van der Waals surface area contributed by atoms with Crippen molar-refractivity contribution in [2.45, 2.75) is 24.7 Å². The molecule has 2 aliphatic rings. The standard InChI is InChI=1S/C20H21NO5S/c1-14-2-4-15(5-3-14)20(22)16-8-10-21(11-9-16)27(23,24)17-6-7-18-19(12-17)26-13-25-18/h2-7,12,16H,8-11,13H2,1H3. The van der Waals surface area contributed by atoms with Gasteiger partial charge in [0.2, 0.25) is 16.8 Å². The van der Waals surface area contributed by atoms with Crippen molar-refractivity contribution in [1.82, 2.24) is 4.31 Å². The van der Waals surface area contributed by atoms with E-state index in [-0.39, 0.29) is 23.4 Å². The molecule has 0 spiro atoms. The fourth-order valence-corrected chi connectivity index (χ4v) is 4.98. The van der Waals surface area contributed by atoms with Gasteiger partial charge in [0.1, 0.15) is 0 Å². The molecule has 0 unspecified atom stereocenters. The summed E-state index contributed by atoms with van der Waals surface area (Å²) < 4.78 is 37.8. The van der Waals surface area contributed by atoms with Crippen LogP contribution in [0.25, 0.3) is 0 Å². The summed E-state index contributed by atoms with van der Waals surface area (Å²) >= 11 is 0. The van der Waals surface area contributed by atoms with Crippen LogP contribution in [0.3, 0.4) is 0 Å². The van der Waals surface area contributed by atoms with Gasteiger partial charge in [-0.15, -0.1) is 0 Å². The molecule has 0 aromatic heterocycles. The van der Waals surface area contributed by atoms with Crippen molar-refractivity contribution in [2.75, 3.05) is 19.9 Å². The van der Waals surface area contributed by atoms with Crippen LogP contribution in [-0.4, -0.2) is 38.4 Å². The zero-order valence-corrected chi connectivity index (χ0v) is 15.9. The molecule has 6 nitrogen and oxygen atoms in total. The molecule has 0 radical (unpaired) electrons. The maximum Gasteiger partial charge on any atom is 0.243 e. The lowest BCUT2D eigenvalue weighted by molar-refractivity contribution is 0.0875. The van der Waals surface area contributed by atoms with Crippen LogP contribution < -0.4 is 9.47 Å². The van der Waals surface area contributed by atoms with Crippen molar-refractivity contribution in [3.63, 3.8) is 0 Å². The quantitative estimate of drug-likeness (QED) is 0.754. The SMILES string of the molecule is Cc1ccc(C(=O)C2CCN(S(=O)(=O)c3ccc4c(c3)OCO4)CC2)cc1. The van der Waals surface area contributed by atoms with Crippen molar-refractivity contribution < 1.29 is 22.7 Å². The Bertz CT molecular complexity index is 960. The third-order valence-corrected chi connectivity index (χ3v) is 7.04. The maximum atomic E-state index is 12.9. The van der Waals surface area contributed by atoms with Crippen LogP contribution in [0.2, 0.25) is 0 Å². The van der Waals surface area contributed by atoms with Gasteiger partial charge in [0.05, 0.1) is 4.90 Å². The Hall–Kier alpha value is -2.38. The lowest BCUT2D eigenvalue weighted by Gasteiger charge is -2.30. The highest BCUT2D eigenvalue weighted by Gasteiger charge is 2.33. The van der Waals surface area contributed by atoms with E-state index in [0.29, 0.717) is 43.0 Å². The monoisotopic (exact) mass is 387 g/mol. The van der Waals surface area contributed by atoms with Gasteiger partial charge in [-0.05, 0) is 31.9 Å². The van der Waals surface area contributed by atoms with E-state index >= 15 is 0 Å². The fraction of sp³-hybridized carbons (Fsp3) is 0.350. The Labute approximate surface area is 158 Å². The molecule has 7 heteroatoms. The van der Waals surface area contributed by atoms with Gasteiger partial charge >= 0.3 is 0 Å². The van der Waals surface area contributed by atoms with E-state index in [9.17, 15) is 13.2 Å². The minimum atomic E-state index is -3.62. The van der Waals surface area contributed by atoms with Gasteiger partial charge < -0.3 is 9.47 Å². The molecule has 2 aromatic rings. The Morgan fingerprint density at radius 2 is 1.67 bits per heavy atom. The van der Waals surface area contributed by atoms with Crippen LogP contribution in [0.1, 0.15) is 28.8 Å². The molecular formula is C20H21NO5S. The number of carbonyl (C=O) groups excluding carboxylic acids is 1. The molecule has 0 N–H and O–H groups in total. The zero-order chi connectivity index (χ0) is 19.0. The highest BCUT2D eigenvalue weighted by molar-refractivity contribution is 7.89. The molecule has 0 bridgehead atoms. The third kappa shape index (κ3) is 3.44. The summed E-state index contributed by atoms with van der Waals surface area (Å²) in [5, 5.41) is 0. The highest BCUT2D eigenvalue weighted by atomic mass is 32.2. The average Bonchev–Trinajstić information content (AvgIpc) is 3.16. The predicted molar refractivity (Wildman–Crippen MR) is 99.6 cm³/mol. The molecule has 1 saturated heterocycles. The molecule has 1 fully saturated rings. The van der Waals surface area contributed by atoms with Crippen LogP contribution in [0.15, 0.2) is 47.4 Å². The predicted octanol–water partition coefficient (Wildman–Crippen LogP) is 3.01. The Balaban J connectivity index is 1.45. The Kier molecular flexibility index (Phi) is 4.65. The van der Waals surface area contributed by atoms with E-state index in [1.807, 2.05) is 31.2 Å². The summed E-state index contributed by atoms with van der Waals surface area (Å²) in [6.45, 7) is 2.75. The van der Waals surface area contributed by atoms with Crippen molar-refractivity contribution in [3.05, 3.63) is 53.6 Å². The normalized spacial score (nSPS) is 17.8. The van der Waals surface area contributed by atoms with Crippen molar-refractivity contribution in [3.8, 4) is 11.5 Å². The van der Waals surface area contributed by atoms with Crippen LogP contribution >= 0.6 is 0 Å². The number of piperidine rings is 1. The molecule has 4 rings (SSSR count). The number of rotatable bonds is 4. The second-order valence-corrected chi connectivity index (χ2v) is 8.86. The topological polar surface area (TPSA) is 72.9 Å². The number of Topliss-reactive ketones (excluding diaryl/α,β-unsaturated/α-hetero) is 1. The summed E-state index contributed by atoms with van der Waals surface area (Å²) in [5.41, 5.74) is 1.80. The van der Waals surface area contributed by atoms with E-state index in [1.165, 1.54) is 16.4 Å². The van der Waals surface area contributed by atoms with Crippen molar-refractivity contribution in [2.24, 2.45) is 5.92 Å². The molecule has 27 heavy (non-hydrogen) atoms. The number of benzene rings is 2. The van der Waals surface area contributed by atoms with E-state index < -0.39 is 10.0 Å². The summed E-state index contributed by atoms with van der Waals surface area (Å²) in [5.74, 6) is 0.947. The Morgan fingerprint density at radius 1 is 1.00 bits per heavy atom. The van der Waals surface area contributed by atoms with Gasteiger partial charge in [-0.2, -0.15) is 4.31 Å². The van der Waals surface area contributed by atoms with Crippen molar-refractivity contribution >= 4 is 15.8 Å². The maximum absolute atomic E-state index is 12.9. The number of ketones is 1. The van der Waals surface area contributed by atoms with E-state index in [0.717, 1.165) is 5.56 Å². The highest BCUT2D eigenvalue weighted by Crippen LogP contribution is 2.35. The number of hydrogen-bond acceptors (Lipinski definition) is 5. The summed E-state index contributed by atoms with van der Waals surface area (Å²) in [4.78, 5) is 12.9. The summed E-state index contributed by atoms with van der Waals surface area (Å²) in [6, 6.07) is 12.2. The number of ether oxygens (including phenoxy) is 2. The van der Waals surface area contributed by atoms with Crippen LogP contribution in [0.4, 0.5) is 0 Å². The average molecular weight is 387 g/mol. The van der Waals surface area contributed by atoms with E-state index in [2.05, 4.69) is 0 Å². The first kappa shape index (κ1) is 18.0. The first-order chi connectivity index (χ1) is 12.9. The number of nitrogens with zero attached hydrogens (tertiary/aromatic N) is 1. The van der Waals surface area contributed by atoms with Crippen molar-refractivity contribution in [1.29, 1.82) is 0 Å². The van der Waals surface area contributed by atoms with E-state index in [4.69, 9.17) is 9.47 Å². The van der Waals surface area contributed by atoms with Crippen LogP contribution in [0, 0.1) is 12.8 Å². The molecule has 142 valence electrons. The van der Waals surface area contributed by atoms with Gasteiger partial charge in [-0.25, -0.2) is 8.42 Å². The van der Waals surface area contributed by atoms with Gasteiger partial charge in [0.15, 0.2) is 17.3 Å². The van der Waals surface area contributed by atoms with Gasteiger partial charge in [0, 0.05) is 30.6 Å². The molecule has 2 aliphatic heterocycles. The van der Waals surface area contributed by atoms with Crippen LogP contribution in [-0.2, 0) is 10.0 Å². The number of fused-ring (bicyclic) bond motifs is 1. The molecule has 0 atom stereocenters. The lowest BCUT2D eigenvalue weighted by Crippen LogP contribution is -2.40. The van der Waals surface area contributed by atoms with Gasteiger partial charge in [-0.1, -0.05) is 29.8 Å². The fourth-order valence-electron chi connectivity index (χ4n) is 3.50. The summed E-state index contributed by atoms with van der Waals surface area (Å²) in [7, 11) is -3.62. The smallest absolute Gasteiger partial charge is 0.243 e. The minimum Gasteiger partial charge on any atom is -0.454 e. The second-order valence-electron chi connectivity index (χ2n) is 6.92. The second kappa shape index (κ2) is 6.98. The lowest BCUT2D eigenvalue weighted by atomic mass is 9.89. The molecule has 2 aromatic carbocycles. The van der Waals surface area contributed by atoms with Gasteiger partial charge in [0.25, 0.3) is 0 Å². The Morgan fingerprint density at radius 3 is 2.37 bits per heavy atom. The molecule has 0 amide bonds. The molecule has 0 aliphatic carbocycles. The first-order valence-corrected chi connectivity index (χ1v) is 10.4. The molecule has 0 saturated carbocycles. The third-order valence-electron chi connectivity index (χ3n) is 5.14. The minimum absolute atomic E-state index is 0.0927. The summed E-state index contributed by atoms with van der Waals surface area (Å²) in [6.07, 6.45) is 1.05. The van der Waals surface area contributed by atoms with Crippen LogP contribution in [0.5, 0.6) is 11.5 Å². The largest absolute Gasteiger partial charge is 0.454 e. The molecule has 2 heterocycles.